The Morgan fingerprint density at radius 2 is 0.638 bits per heavy atom. The predicted molar refractivity (Wildman–Crippen MR) is 412 cm³/mol. The number of aliphatic hydroxyl groups is 18. The highest BCUT2D eigenvalue weighted by Crippen LogP contribution is 2.38. The van der Waals surface area contributed by atoms with Crippen LogP contribution in [-0.4, -0.2) is 352 Å². The smallest absolute Gasteiger partial charge is 0.220 e. The quantitative estimate of drug-likeness (QED) is 0.0260. The molecule has 0 saturated carbocycles. The van der Waals surface area contributed by atoms with E-state index in [1.54, 1.807) is 6.08 Å². The number of nitrogens with one attached hydrogen (secondary N) is 3. The fourth-order valence-electron chi connectivity index (χ4n) is 15.8. The van der Waals surface area contributed by atoms with E-state index >= 15 is 0 Å². The van der Waals surface area contributed by atoms with Crippen LogP contribution in [0.25, 0.3) is 0 Å². The molecule has 12 unspecified atom stereocenters. The van der Waals surface area contributed by atoms with Crippen LogP contribution in [0.4, 0.5) is 0 Å². The highest BCUT2D eigenvalue weighted by atomic mass is 16.8. The first kappa shape index (κ1) is 102. The fourth-order valence-corrected chi connectivity index (χ4v) is 15.8. The van der Waals surface area contributed by atoms with E-state index in [-0.39, 0.29) is 12.3 Å². The summed E-state index contributed by atoms with van der Waals surface area (Å²) in [4.78, 5) is 39.6. The number of carbonyl (C=O) groups is 3. The molecular weight excluding hydrogens is 1530 g/mol. The summed E-state index contributed by atoms with van der Waals surface area (Å²) in [6.45, 7) is -0.00721. The number of allylic oxidation sites excluding steroid dienone is 1. The Labute approximate surface area is 682 Å². The molecule has 36 heteroatoms. The monoisotopic (exact) mass is 1680 g/mol. The van der Waals surface area contributed by atoms with Gasteiger partial charge in [0.1, 0.15) is 146 Å². The van der Waals surface area contributed by atoms with Crippen LogP contribution in [-0.2, 0) is 71.2 Å². The zero-order chi connectivity index (χ0) is 84.8. The van der Waals surface area contributed by atoms with Crippen LogP contribution in [0.5, 0.6) is 0 Å². The normalized spacial score (nSPS) is 36.3. The molecule has 678 valence electrons. The van der Waals surface area contributed by atoms with Crippen molar-refractivity contribution in [3.8, 4) is 0 Å². The van der Waals surface area contributed by atoms with Crippen molar-refractivity contribution in [3.63, 3.8) is 0 Å². The first-order valence-electron chi connectivity index (χ1n) is 43.0. The van der Waals surface area contributed by atoms with Gasteiger partial charge in [-0.1, -0.05) is 206 Å². The van der Waals surface area contributed by atoms with Gasteiger partial charge in [0.15, 0.2) is 37.7 Å². The largest absolute Gasteiger partial charge is 0.394 e. The number of unbranched alkanes of at least 4 members (excludes halogenated alkanes) is 29. The molecule has 0 aliphatic carbocycles. The molecule has 3 amide bonds. The molecule has 6 aliphatic heterocycles. The summed E-state index contributed by atoms with van der Waals surface area (Å²) >= 11 is 0. The van der Waals surface area contributed by atoms with Gasteiger partial charge in [0.25, 0.3) is 0 Å². The van der Waals surface area contributed by atoms with Gasteiger partial charge in [-0.05, 0) is 19.3 Å². The van der Waals surface area contributed by atoms with Gasteiger partial charge in [0.2, 0.25) is 17.7 Å². The molecule has 0 spiro atoms. The number of ether oxygens (including phenoxy) is 12. The third-order valence-corrected chi connectivity index (χ3v) is 22.7. The van der Waals surface area contributed by atoms with Gasteiger partial charge in [0, 0.05) is 20.3 Å². The second-order valence-corrected chi connectivity index (χ2v) is 32.1. The minimum absolute atomic E-state index is 0.171. The Bertz CT molecular complexity index is 2670. The Balaban J connectivity index is 1.10. The lowest BCUT2D eigenvalue weighted by Gasteiger charge is -2.51. The van der Waals surface area contributed by atoms with E-state index in [1.807, 2.05) is 6.08 Å². The number of hydrogen-bond donors (Lipinski definition) is 21. The van der Waals surface area contributed by atoms with Crippen molar-refractivity contribution in [1.82, 2.24) is 16.0 Å². The van der Waals surface area contributed by atoms with Crippen LogP contribution >= 0.6 is 0 Å². The zero-order valence-corrected chi connectivity index (χ0v) is 68.4. The van der Waals surface area contributed by atoms with E-state index in [9.17, 15) is 106 Å². The third kappa shape index (κ3) is 31.6. The Morgan fingerprint density at radius 3 is 1.01 bits per heavy atom. The van der Waals surface area contributed by atoms with Crippen LogP contribution < -0.4 is 16.0 Å². The summed E-state index contributed by atoms with van der Waals surface area (Å²) in [5.41, 5.74) is 0. The predicted octanol–water partition coefficient (Wildman–Crippen LogP) is -0.864. The number of carbonyl (C=O) groups excluding carboxylic acids is 3. The van der Waals surface area contributed by atoms with Crippen molar-refractivity contribution in [2.75, 3.05) is 46.2 Å². The Morgan fingerprint density at radius 1 is 0.336 bits per heavy atom. The number of amides is 3. The lowest BCUT2D eigenvalue weighted by molar-refractivity contribution is -0.386. The molecule has 0 aromatic rings. The summed E-state index contributed by atoms with van der Waals surface area (Å²) < 4.78 is 71.3. The molecule has 6 heterocycles. The molecule has 0 radical (unpaired) electrons. The maximum Gasteiger partial charge on any atom is 0.220 e. The first-order valence-corrected chi connectivity index (χ1v) is 43.0. The summed E-state index contributed by atoms with van der Waals surface area (Å²) in [6, 6.07) is -4.71. The van der Waals surface area contributed by atoms with Gasteiger partial charge < -0.3 is 165 Å². The zero-order valence-electron chi connectivity index (χ0n) is 68.4. The van der Waals surface area contributed by atoms with Crippen molar-refractivity contribution in [2.45, 2.75) is 429 Å². The van der Waals surface area contributed by atoms with Gasteiger partial charge in [-0.2, -0.15) is 0 Å². The molecule has 6 aliphatic rings. The van der Waals surface area contributed by atoms with Crippen molar-refractivity contribution in [3.05, 3.63) is 12.2 Å². The molecule has 116 heavy (non-hydrogen) atoms. The Hall–Kier alpha value is -3.05. The minimum atomic E-state index is -2.30. The average molecular weight is 1680 g/mol. The summed E-state index contributed by atoms with van der Waals surface area (Å²) in [6.07, 6.45) is -15.9. The maximum absolute atomic E-state index is 13.6. The molecule has 0 aromatic carbocycles. The molecule has 6 fully saturated rings. The number of rotatable bonds is 56. The van der Waals surface area contributed by atoms with E-state index in [1.165, 1.54) is 135 Å². The van der Waals surface area contributed by atoms with Crippen LogP contribution in [0.1, 0.15) is 233 Å². The molecular formula is C80H145N3O33. The fraction of sp³-hybridized carbons (Fsp3) is 0.938. The lowest BCUT2D eigenvalue weighted by Crippen LogP contribution is -2.71. The van der Waals surface area contributed by atoms with E-state index in [0.717, 1.165) is 65.2 Å². The maximum atomic E-state index is 13.6. The standard InChI is InChI=1S/C80H145N3O33/c1-5-7-9-11-13-15-17-19-20-21-22-23-24-26-28-30-32-34-36-38-56(93)83-48(49(92)37-35-33-31-29-27-25-18-16-14-12-10-8-6-2)45-105-77-67(102)65(100)70(55(44-89)111-77)112-79-68(103)73(62(97)53(42-87)109-79)115-76-58(82-47(4)91)72(61(96)52(41-86)107-76)114-80-69(104)74(63(98)54(43-88)110-80)116-75-57(81-46(3)90)71(60(95)51(40-85)106-75)113-78-66(101)64(99)59(94)50(39-84)108-78/h35,37,48-55,57-80,84-89,92,94-104H,5-34,36,38-45H2,1-4H3,(H,81,90)(H,82,91)(H,83,93)/b37-35+/t48-,49+,50?,51?,52?,53?,54?,55?,57?,58?,59-,60+,61+,62-,63-,64-,65+,66?,67?,68?,69?,70+,71+,72+,73-,74-,75-,76-,77+,78-,79-,80-/m0/s1. The van der Waals surface area contributed by atoms with Crippen LogP contribution in [0, 0.1) is 0 Å². The molecule has 21 N–H and O–H groups in total. The second-order valence-electron chi connectivity index (χ2n) is 32.1. The molecule has 32 atom stereocenters. The molecule has 36 nitrogen and oxygen atoms in total. The average Bonchev–Trinajstić information content (AvgIpc) is 0.768. The SMILES string of the molecule is CCCCCCCCCCCCC/C=C/[C@@H](O)[C@H](CO[C@@H]1OC(CO)[C@@H](O[C@@H]2OC(CO)[C@H](O)[C@H](O[C@@H]3OC(CO)[C@@H](O)[C@H](O[C@@H]4OC(CO)[C@H](O)[C@H](O[C@@H]5OC(CO)[C@@H](O)[C@H](O[C@@H]6OC(CO)[C@H](O)[C@H](O)C6O)C5NC(C)=O)C4O)C3NC(C)=O)C2O)[C@H](O)C1O)NC(=O)CCCCCCCCCCCCCCCCCCCCC. The van der Waals surface area contributed by atoms with E-state index in [2.05, 4.69) is 29.8 Å². The van der Waals surface area contributed by atoms with Crippen molar-refractivity contribution in [2.24, 2.45) is 0 Å². The van der Waals surface area contributed by atoms with Crippen LogP contribution in [0.3, 0.4) is 0 Å². The van der Waals surface area contributed by atoms with Crippen LogP contribution in [0.15, 0.2) is 12.2 Å². The number of aliphatic hydroxyl groups excluding tert-OH is 18. The van der Waals surface area contributed by atoms with Gasteiger partial charge in [-0.25, -0.2) is 0 Å². The van der Waals surface area contributed by atoms with E-state index in [0.29, 0.717) is 12.8 Å². The van der Waals surface area contributed by atoms with Gasteiger partial charge in [-0.3, -0.25) is 14.4 Å². The number of hydrogen-bond acceptors (Lipinski definition) is 33. The van der Waals surface area contributed by atoms with E-state index < -0.39 is 254 Å². The topological polar surface area (TPSA) is 562 Å². The van der Waals surface area contributed by atoms with Crippen molar-refractivity contribution in [1.29, 1.82) is 0 Å². The molecule has 6 rings (SSSR count). The molecule has 0 bridgehead atoms. The molecule has 6 saturated heterocycles. The van der Waals surface area contributed by atoms with Crippen molar-refractivity contribution >= 4 is 17.7 Å². The molecule has 0 aromatic heterocycles. The van der Waals surface area contributed by atoms with Crippen molar-refractivity contribution < 1.29 is 163 Å². The summed E-state index contributed by atoms with van der Waals surface area (Å²) in [5, 5.41) is 209. The minimum Gasteiger partial charge on any atom is -0.394 e. The van der Waals surface area contributed by atoms with Gasteiger partial charge in [0.05, 0.1) is 58.4 Å². The lowest BCUT2D eigenvalue weighted by atomic mass is 9.93. The Kier molecular flexibility index (Phi) is 48.5. The van der Waals surface area contributed by atoms with Gasteiger partial charge in [-0.15, -0.1) is 0 Å². The highest BCUT2D eigenvalue weighted by Gasteiger charge is 2.59. The van der Waals surface area contributed by atoms with Gasteiger partial charge >= 0.3 is 0 Å². The third-order valence-electron chi connectivity index (χ3n) is 22.7. The first-order chi connectivity index (χ1) is 55.8. The van der Waals surface area contributed by atoms with E-state index in [4.69, 9.17) is 56.8 Å². The summed E-state index contributed by atoms with van der Waals surface area (Å²) in [5.74, 6) is -2.09. The second kappa shape index (κ2) is 55.2. The summed E-state index contributed by atoms with van der Waals surface area (Å²) in [7, 11) is 0. The van der Waals surface area contributed by atoms with Crippen LogP contribution in [0.2, 0.25) is 0 Å². The highest BCUT2D eigenvalue weighted by molar-refractivity contribution is 5.76.